The molecule has 0 aliphatic carbocycles. The van der Waals surface area contributed by atoms with Crippen molar-refractivity contribution in [2.45, 2.75) is 59.3 Å². The van der Waals surface area contributed by atoms with Crippen LogP contribution in [0.5, 0.6) is 5.75 Å². The molecule has 6 nitrogen and oxygen atoms in total. The molecule has 3 rings (SSSR count). The van der Waals surface area contributed by atoms with Crippen molar-refractivity contribution in [3.8, 4) is 5.75 Å². The van der Waals surface area contributed by atoms with Crippen molar-refractivity contribution < 1.29 is 9.84 Å². The minimum absolute atomic E-state index is 0.226. The van der Waals surface area contributed by atoms with Gasteiger partial charge in [-0.3, -0.25) is 14.5 Å². The number of hydrogen-bond donors (Lipinski definition) is 1. The van der Waals surface area contributed by atoms with Crippen LogP contribution < -0.4 is 4.74 Å². The summed E-state index contributed by atoms with van der Waals surface area (Å²) in [6.45, 7) is 12.5. The Morgan fingerprint density at radius 2 is 2.03 bits per heavy atom. The molecule has 2 heterocycles. The zero-order chi connectivity index (χ0) is 20.8. The van der Waals surface area contributed by atoms with Crippen LogP contribution in [0.4, 0.5) is 0 Å². The van der Waals surface area contributed by atoms with Crippen LogP contribution in [0.25, 0.3) is 0 Å². The Labute approximate surface area is 175 Å². The van der Waals surface area contributed by atoms with Crippen LogP contribution in [0.2, 0.25) is 0 Å². The van der Waals surface area contributed by atoms with Gasteiger partial charge in [-0.05, 0) is 43.9 Å². The summed E-state index contributed by atoms with van der Waals surface area (Å²) in [6, 6.07) is 6.78. The molecule has 29 heavy (non-hydrogen) atoms. The zero-order valence-electron chi connectivity index (χ0n) is 18.4. The van der Waals surface area contributed by atoms with E-state index in [1.165, 1.54) is 16.7 Å². The molecule has 0 amide bonds. The molecule has 0 spiro atoms. The monoisotopic (exact) mass is 400 g/mol. The van der Waals surface area contributed by atoms with Gasteiger partial charge in [-0.1, -0.05) is 19.1 Å². The maximum absolute atomic E-state index is 9.62. The lowest BCUT2D eigenvalue weighted by Crippen LogP contribution is -2.52. The van der Waals surface area contributed by atoms with Crippen molar-refractivity contribution >= 4 is 0 Å². The first-order valence-electron chi connectivity index (χ1n) is 10.8. The summed E-state index contributed by atoms with van der Waals surface area (Å²) in [5.41, 5.74) is 4.92. The van der Waals surface area contributed by atoms with E-state index in [-0.39, 0.29) is 6.61 Å². The number of methoxy groups -OCH3 is 1. The molecule has 0 bridgehead atoms. The van der Waals surface area contributed by atoms with Crippen molar-refractivity contribution in [1.29, 1.82) is 0 Å². The third-order valence-electron chi connectivity index (χ3n) is 5.89. The van der Waals surface area contributed by atoms with E-state index in [1.54, 1.807) is 7.11 Å². The molecule has 1 N–H and O–H groups in total. The van der Waals surface area contributed by atoms with Gasteiger partial charge in [0.1, 0.15) is 5.75 Å². The van der Waals surface area contributed by atoms with Gasteiger partial charge in [0.2, 0.25) is 0 Å². The van der Waals surface area contributed by atoms with Crippen LogP contribution in [-0.2, 0) is 19.6 Å². The van der Waals surface area contributed by atoms with E-state index < -0.39 is 0 Å². The lowest BCUT2D eigenvalue weighted by molar-refractivity contribution is 0.0498. The second-order valence-corrected chi connectivity index (χ2v) is 8.18. The van der Waals surface area contributed by atoms with Gasteiger partial charge in [-0.15, -0.1) is 0 Å². The number of rotatable bonds is 9. The van der Waals surface area contributed by atoms with Crippen LogP contribution in [0.1, 0.15) is 42.1 Å². The second kappa shape index (κ2) is 10.2. The molecule has 1 fully saturated rings. The summed E-state index contributed by atoms with van der Waals surface area (Å²) < 4.78 is 7.45. The van der Waals surface area contributed by atoms with Crippen LogP contribution in [0, 0.1) is 13.8 Å². The molecule has 1 aliphatic rings. The maximum Gasteiger partial charge on any atom is 0.121 e. The molecule has 1 saturated heterocycles. The van der Waals surface area contributed by atoms with Crippen molar-refractivity contribution in [2.24, 2.45) is 0 Å². The number of ether oxygens (including phenoxy) is 1. The highest BCUT2D eigenvalue weighted by atomic mass is 16.5. The van der Waals surface area contributed by atoms with E-state index in [4.69, 9.17) is 4.74 Å². The van der Waals surface area contributed by atoms with Crippen molar-refractivity contribution in [1.82, 2.24) is 19.6 Å². The first-order chi connectivity index (χ1) is 14.0. The Bertz CT molecular complexity index is 789. The summed E-state index contributed by atoms with van der Waals surface area (Å²) in [7, 11) is 1.71. The van der Waals surface area contributed by atoms with Gasteiger partial charge in [-0.25, -0.2) is 0 Å². The van der Waals surface area contributed by atoms with Gasteiger partial charge < -0.3 is 9.84 Å². The quantitative estimate of drug-likeness (QED) is 0.701. The van der Waals surface area contributed by atoms with Gasteiger partial charge in [0.05, 0.1) is 12.8 Å². The van der Waals surface area contributed by atoms with E-state index in [0.29, 0.717) is 6.04 Å². The number of hydrogen-bond acceptors (Lipinski definition) is 5. The maximum atomic E-state index is 9.62. The highest BCUT2D eigenvalue weighted by molar-refractivity contribution is 5.36. The molecule has 160 valence electrons. The predicted molar refractivity (Wildman–Crippen MR) is 116 cm³/mol. The van der Waals surface area contributed by atoms with E-state index in [0.717, 1.165) is 63.6 Å². The molecule has 2 aromatic rings. The van der Waals surface area contributed by atoms with E-state index in [9.17, 15) is 5.11 Å². The summed E-state index contributed by atoms with van der Waals surface area (Å²) >= 11 is 0. The minimum atomic E-state index is 0.226. The fraction of sp³-hybridized carbons (Fsp3) is 0.609. The Balaban J connectivity index is 1.64. The highest BCUT2D eigenvalue weighted by Crippen LogP contribution is 2.23. The van der Waals surface area contributed by atoms with Crippen molar-refractivity contribution in [3.63, 3.8) is 0 Å². The van der Waals surface area contributed by atoms with Gasteiger partial charge in [0.25, 0.3) is 0 Å². The molecular weight excluding hydrogens is 364 g/mol. The van der Waals surface area contributed by atoms with Gasteiger partial charge >= 0.3 is 0 Å². The zero-order valence-corrected chi connectivity index (χ0v) is 18.4. The molecule has 1 atom stereocenters. The number of piperazine rings is 1. The van der Waals surface area contributed by atoms with Gasteiger partial charge in [0.15, 0.2) is 0 Å². The number of aryl methyl sites for hydroxylation is 3. The third kappa shape index (κ3) is 5.59. The lowest BCUT2D eigenvalue weighted by atomic mass is 10.0. The largest absolute Gasteiger partial charge is 0.496 e. The summed E-state index contributed by atoms with van der Waals surface area (Å²) in [5.74, 6) is 0.935. The molecule has 1 aromatic heterocycles. The fourth-order valence-electron chi connectivity index (χ4n) is 4.30. The minimum Gasteiger partial charge on any atom is -0.496 e. The molecule has 0 radical (unpaired) electrons. The molecule has 0 saturated carbocycles. The number of aliphatic hydroxyl groups is 1. The van der Waals surface area contributed by atoms with Crippen LogP contribution in [0.3, 0.4) is 0 Å². The average molecular weight is 401 g/mol. The molecule has 1 aliphatic heterocycles. The topological polar surface area (TPSA) is 53.8 Å². The van der Waals surface area contributed by atoms with Gasteiger partial charge in [0, 0.05) is 63.7 Å². The number of aromatic nitrogens is 2. The number of nitrogens with zero attached hydrogens (tertiary/aromatic N) is 4. The van der Waals surface area contributed by atoms with Crippen molar-refractivity contribution in [2.75, 3.05) is 33.4 Å². The number of benzene rings is 1. The Morgan fingerprint density at radius 3 is 2.72 bits per heavy atom. The molecular formula is C23H36N4O2. The van der Waals surface area contributed by atoms with Crippen LogP contribution >= 0.6 is 0 Å². The first kappa shape index (κ1) is 21.8. The van der Waals surface area contributed by atoms with Gasteiger partial charge in [-0.2, -0.15) is 5.10 Å². The van der Waals surface area contributed by atoms with E-state index in [2.05, 4.69) is 64.7 Å². The van der Waals surface area contributed by atoms with E-state index >= 15 is 0 Å². The second-order valence-electron chi connectivity index (χ2n) is 8.18. The molecule has 1 unspecified atom stereocenters. The predicted octanol–water partition coefficient (Wildman–Crippen LogP) is 2.99. The molecule has 1 aromatic carbocycles. The summed E-state index contributed by atoms with van der Waals surface area (Å²) in [6.07, 6.45) is 4.11. The van der Waals surface area contributed by atoms with E-state index in [1.807, 2.05) is 0 Å². The highest BCUT2D eigenvalue weighted by Gasteiger charge is 2.27. The fourth-order valence-corrected chi connectivity index (χ4v) is 4.30. The standard InChI is InChI=1S/C23H36N4O2/c1-5-9-27-16-21(19(3)24-27)15-25-10-11-26(22(17-25)8-12-28)14-20-6-7-23(29-4)18(2)13-20/h6-7,13,16,22,28H,5,8-12,14-15,17H2,1-4H3. The Kier molecular flexibility index (Phi) is 7.70. The van der Waals surface area contributed by atoms with Crippen LogP contribution in [0.15, 0.2) is 24.4 Å². The third-order valence-corrected chi connectivity index (χ3v) is 5.89. The van der Waals surface area contributed by atoms with Crippen molar-refractivity contribution in [3.05, 3.63) is 46.8 Å². The lowest BCUT2D eigenvalue weighted by Gasteiger charge is -2.41. The Hall–Kier alpha value is -1.89. The average Bonchev–Trinajstić information content (AvgIpc) is 3.03. The first-order valence-corrected chi connectivity index (χ1v) is 10.8. The summed E-state index contributed by atoms with van der Waals surface area (Å²) in [5, 5.41) is 14.3. The summed E-state index contributed by atoms with van der Waals surface area (Å²) in [4.78, 5) is 5.03. The normalized spacial score (nSPS) is 18.3. The SMILES string of the molecule is CCCn1cc(CN2CCN(Cc3ccc(OC)c(C)c3)C(CCO)C2)c(C)n1. The molecule has 6 heteroatoms. The van der Waals surface area contributed by atoms with Crippen LogP contribution in [-0.4, -0.2) is 64.1 Å². The smallest absolute Gasteiger partial charge is 0.121 e. The number of aliphatic hydroxyl groups excluding tert-OH is 1. The Morgan fingerprint density at radius 1 is 1.21 bits per heavy atom.